The molecule has 1 amide bonds. The molecule has 1 atom stereocenters. The summed E-state index contributed by atoms with van der Waals surface area (Å²) in [5.41, 5.74) is 5.77. The number of nitrogens with zero attached hydrogens (tertiary/aromatic N) is 1. The summed E-state index contributed by atoms with van der Waals surface area (Å²) < 4.78 is 5.20. The monoisotopic (exact) mass is 397 g/mol. The van der Waals surface area contributed by atoms with E-state index in [1.807, 2.05) is 30.3 Å². The summed E-state index contributed by atoms with van der Waals surface area (Å²) in [5.74, 6) is 0.720. The van der Waals surface area contributed by atoms with Crippen LogP contribution < -0.4 is 9.64 Å². The smallest absolute Gasteiger partial charge is 0.259 e. The maximum Gasteiger partial charge on any atom is 0.259 e. The van der Waals surface area contributed by atoms with Crippen molar-refractivity contribution in [2.24, 2.45) is 0 Å². The Bertz CT molecular complexity index is 1120. The normalized spacial score (nSPS) is 17.0. The highest BCUT2D eigenvalue weighted by atomic mass is 16.5. The van der Waals surface area contributed by atoms with Gasteiger partial charge in [0.25, 0.3) is 5.91 Å². The number of Topliss-reactive ketones (excluding diaryl/α,β-unsaturated/α-hetero) is 1. The van der Waals surface area contributed by atoms with Gasteiger partial charge in [-0.15, -0.1) is 0 Å². The first-order chi connectivity index (χ1) is 14.7. The summed E-state index contributed by atoms with van der Waals surface area (Å²) in [6.07, 6.45) is 3.45. The van der Waals surface area contributed by atoms with Gasteiger partial charge in [-0.25, -0.2) is 0 Å². The molecule has 0 N–H and O–H groups in total. The van der Waals surface area contributed by atoms with Crippen molar-refractivity contribution in [3.8, 4) is 5.75 Å². The molecule has 2 aliphatic rings. The van der Waals surface area contributed by atoms with Crippen molar-refractivity contribution in [2.45, 2.75) is 31.7 Å². The summed E-state index contributed by atoms with van der Waals surface area (Å²) >= 11 is 0. The first-order valence-corrected chi connectivity index (χ1v) is 10.4. The number of benzene rings is 3. The Morgan fingerprint density at radius 3 is 2.40 bits per heavy atom. The molecule has 0 spiro atoms. The third kappa shape index (κ3) is 3.09. The molecule has 1 aliphatic heterocycles. The van der Waals surface area contributed by atoms with Crippen molar-refractivity contribution < 1.29 is 14.3 Å². The molecular weight excluding hydrogens is 374 g/mol. The number of rotatable bonds is 5. The zero-order valence-corrected chi connectivity index (χ0v) is 16.9. The van der Waals surface area contributed by atoms with Crippen molar-refractivity contribution in [3.63, 3.8) is 0 Å². The lowest BCUT2D eigenvalue weighted by Gasteiger charge is -2.25. The molecule has 5 rings (SSSR count). The minimum absolute atomic E-state index is 0.0153. The highest BCUT2D eigenvalue weighted by molar-refractivity contribution is 6.12. The van der Waals surface area contributed by atoms with Gasteiger partial charge in [0.15, 0.2) is 5.78 Å². The quantitative estimate of drug-likeness (QED) is 0.559. The third-order valence-electron chi connectivity index (χ3n) is 6.21. The van der Waals surface area contributed by atoms with E-state index < -0.39 is 0 Å². The SMILES string of the molecule is COc1ccc(C(=O)C[C@@H]2c3cc4c(cc3C(=O)N2c2ccccc2)CCC4)cc1. The van der Waals surface area contributed by atoms with Crippen LogP contribution in [0.25, 0.3) is 0 Å². The highest BCUT2D eigenvalue weighted by Crippen LogP contribution is 2.42. The average Bonchev–Trinajstić information content (AvgIpc) is 3.35. The topological polar surface area (TPSA) is 46.6 Å². The molecule has 1 aliphatic carbocycles. The lowest BCUT2D eigenvalue weighted by atomic mass is 9.94. The number of fused-ring (bicyclic) bond motifs is 2. The van der Waals surface area contributed by atoms with E-state index in [9.17, 15) is 9.59 Å². The van der Waals surface area contributed by atoms with E-state index in [0.29, 0.717) is 5.56 Å². The molecular formula is C26H23NO3. The van der Waals surface area contributed by atoms with E-state index in [1.54, 1.807) is 36.3 Å². The number of amides is 1. The van der Waals surface area contributed by atoms with Gasteiger partial charge in [-0.05, 0) is 78.4 Å². The number of ketones is 1. The molecule has 4 heteroatoms. The van der Waals surface area contributed by atoms with Gasteiger partial charge in [0, 0.05) is 23.2 Å². The first-order valence-electron chi connectivity index (χ1n) is 10.4. The Labute approximate surface area is 176 Å². The number of anilines is 1. The van der Waals surface area contributed by atoms with Gasteiger partial charge in [-0.1, -0.05) is 24.3 Å². The zero-order valence-electron chi connectivity index (χ0n) is 16.9. The summed E-state index contributed by atoms with van der Waals surface area (Å²) in [5, 5.41) is 0. The summed E-state index contributed by atoms with van der Waals surface area (Å²) in [4.78, 5) is 28.3. The lowest BCUT2D eigenvalue weighted by Crippen LogP contribution is -2.29. The molecule has 0 saturated carbocycles. The molecule has 1 heterocycles. The summed E-state index contributed by atoms with van der Waals surface area (Å²) in [6.45, 7) is 0. The zero-order chi connectivity index (χ0) is 20.7. The molecule has 0 radical (unpaired) electrons. The van der Waals surface area contributed by atoms with Gasteiger partial charge in [-0.2, -0.15) is 0 Å². The van der Waals surface area contributed by atoms with Crippen LogP contribution in [0.1, 0.15) is 56.3 Å². The van der Waals surface area contributed by atoms with Crippen molar-refractivity contribution >= 4 is 17.4 Å². The maximum absolute atomic E-state index is 13.4. The van der Waals surface area contributed by atoms with Crippen molar-refractivity contribution in [3.05, 3.63) is 94.5 Å². The molecule has 0 unspecified atom stereocenters. The maximum atomic E-state index is 13.4. The lowest BCUT2D eigenvalue weighted by molar-refractivity contribution is 0.0960. The van der Waals surface area contributed by atoms with E-state index in [1.165, 1.54) is 11.1 Å². The number of carbonyl (C=O) groups is 2. The van der Waals surface area contributed by atoms with Gasteiger partial charge >= 0.3 is 0 Å². The van der Waals surface area contributed by atoms with E-state index >= 15 is 0 Å². The van der Waals surface area contributed by atoms with Gasteiger partial charge in [-0.3, -0.25) is 9.59 Å². The number of ether oxygens (including phenoxy) is 1. The van der Waals surface area contributed by atoms with Gasteiger partial charge in [0.05, 0.1) is 13.2 Å². The Balaban J connectivity index is 1.54. The minimum Gasteiger partial charge on any atom is -0.497 e. The Hall–Kier alpha value is -3.40. The number of carbonyl (C=O) groups excluding carboxylic acids is 2. The average molecular weight is 397 g/mol. The molecule has 3 aromatic rings. The number of hydrogen-bond acceptors (Lipinski definition) is 3. The summed E-state index contributed by atoms with van der Waals surface area (Å²) in [6, 6.07) is 20.7. The van der Waals surface area contributed by atoms with Crippen LogP contribution in [0.15, 0.2) is 66.7 Å². The molecule has 0 bridgehead atoms. The van der Waals surface area contributed by atoms with E-state index in [2.05, 4.69) is 12.1 Å². The highest BCUT2D eigenvalue weighted by Gasteiger charge is 2.39. The van der Waals surface area contributed by atoms with Crippen LogP contribution in [0.3, 0.4) is 0 Å². The molecule has 0 saturated heterocycles. The largest absolute Gasteiger partial charge is 0.497 e. The fourth-order valence-electron chi connectivity index (χ4n) is 4.67. The predicted octanol–water partition coefficient (Wildman–Crippen LogP) is 5.16. The number of hydrogen-bond donors (Lipinski definition) is 0. The van der Waals surface area contributed by atoms with Gasteiger partial charge in [0.2, 0.25) is 0 Å². The number of aryl methyl sites for hydroxylation is 2. The van der Waals surface area contributed by atoms with Crippen molar-refractivity contribution in [1.29, 1.82) is 0 Å². The number of methoxy groups -OCH3 is 1. The van der Waals surface area contributed by atoms with Gasteiger partial charge < -0.3 is 9.64 Å². The fraction of sp³-hybridized carbons (Fsp3) is 0.231. The van der Waals surface area contributed by atoms with Crippen LogP contribution in [0.2, 0.25) is 0 Å². The second-order valence-corrected chi connectivity index (χ2v) is 7.94. The van der Waals surface area contributed by atoms with Crippen LogP contribution in [0, 0.1) is 0 Å². The second-order valence-electron chi connectivity index (χ2n) is 7.94. The number of para-hydroxylation sites is 1. The van der Waals surface area contributed by atoms with Crippen molar-refractivity contribution in [2.75, 3.05) is 12.0 Å². The van der Waals surface area contributed by atoms with E-state index in [-0.39, 0.29) is 24.2 Å². The molecule has 150 valence electrons. The van der Waals surface area contributed by atoms with Crippen LogP contribution in [-0.4, -0.2) is 18.8 Å². The predicted molar refractivity (Wildman–Crippen MR) is 116 cm³/mol. The Kier molecular flexibility index (Phi) is 4.62. The first kappa shape index (κ1) is 18.6. The van der Waals surface area contributed by atoms with E-state index in [4.69, 9.17) is 4.74 Å². The summed E-state index contributed by atoms with van der Waals surface area (Å²) in [7, 11) is 1.61. The second kappa shape index (κ2) is 7.45. The van der Waals surface area contributed by atoms with Crippen LogP contribution in [-0.2, 0) is 12.8 Å². The van der Waals surface area contributed by atoms with Crippen LogP contribution in [0.4, 0.5) is 5.69 Å². The molecule has 30 heavy (non-hydrogen) atoms. The van der Waals surface area contributed by atoms with Crippen molar-refractivity contribution in [1.82, 2.24) is 0 Å². The molecule has 0 aromatic heterocycles. The van der Waals surface area contributed by atoms with Crippen LogP contribution >= 0.6 is 0 Å². The molecule has 4 nitrogen and oxygen atoms in total. The molecule has 3 aromatic carbocycles. The van der Waals surface area contributed by atoms with Crippen LogP contribution in [0.5, 0.6) is 5.75 Å². The van der Waals surface area contributed by atoms with E-state index in [0.717, 1.165) is 41.8 Å². The Morgan fingerprint density at radius 1 is 1.00 bits per heavy atom. The fourth-order valence-corrected chi connectivity index (χ4v) is 4.67. The Morgan fingerprint density at radius 2 is 1.70 bits per heavy atom. The standard InChI is InChI=1S/C26H23NO3/c1-30-21-12-10-17(11-13-21)25(28)16-24-22-14-18-6-5-7-19(18)15-23(22)26(29)27(24)20-8-3-2-4-9-20/h2-4,8-15,24H,5-7,16H2,1H3/t24-/m1/s1. The molecule has 0 fully saturated rings. The minimum atomic E-state index is -0.296. The third-order valence-corrected chi connectivity index (χ3v) is 6.21. The van der Waals surface area contributed by atoms with Gasteiger partial charge in [0.1, 0.15) is 5.75 Å².